The van der Waals surface area contributed by atoms with Crippen molar-refractivity contribution >= 4 is 33.5 Å². The Labute approximate surface area is 298 Å². The molecule has 1 aliphatic carbocycles. The minimum absolute atomic E-state index is 0.149. The molecule has 1 amide bonds. The highest BCUT2D eigenvalue weighted by atomic mass is 35.5. The first-order chi connectivity index (χ1) is 24.0. The molecule has 3 aromatic carbocycles. The number of likely N-dealkylation sites (tertiary alicyclic amines) is 1. The molecule has 16 heteroatoms. The molecule has 2 fully saturated rings. The molecule has 278 valence electrons. The highest BCUT2D eigenvalue weighted by Crippen LogP contribution is 2.37. The van der Waals surface area contributed by atoms with E-state index in [1.807, 2.05) is 0 Å². The van der Waals surface area contributed by atoms with Crippen LogP contribution in [0.1, 0.15) is 50.5 Å². The fourth-order valence-electron chi connectivity index (χ4n) is 5.80. The molecule has 1 heterocycles. The lowest BCUT2D eigenvalue weighted by atomic mass is 9.90. The largest absolute Gasteiger partial charge is 0.493 e. The third-order valence-corrected chi connectivity index (χ3v) is 10.4. The van der Waals surface area contributed by atoms with Crippen molar-refractivity contribution in [1.29, 1.82) is 0 Å². The summed E-state index contributed by atoms with van der Waals surface area (Å²) in [6.45, 7) is 0.861. The number of piperidine rings is 1. The molecule has 0 radical (unpaired) electrons. The molecule has 2 aliphatic rings. The van der Waals surface area contributed by atoms with Gasteiger partial charge >= 0.3 is 12.1 Å². The third kappa shape index (κ3) is 11.1. The van der Waals surface area contributed by atoms with Crippen LogP contribution in [-0.2, 0) is 25.5 Å². The minimum atomic E-state index is -5.08. The summed E-state index contributed by atoms with van der Waals surface area (Å²) in [5.41, 5.74) is 6.59. The van der Waals surface area contributed by atoms with E-state index in [4.69, 9.17) is 32.0 Å². The summed E-state index contributed by atoms with van der Waals surface area (Å²) in [6, 6.07) is 15.4. The van der Waals surface area contributed by atoms with Crippen molar-refractivity contribution in [2.75, 3.05) is 19.7 Å². The molecule has 1 aliphatic heterocycles. The number of carboxylic acids is 1. The van der Waals surface area contributed by atoms with Crippen LogP contribution in [-0.4, -0.2) is 68.3 Å². The number of carbonyl (C=O) groups excluding carboxylic acids is 1. The quantitative estimate of drug-likeness (QED) is 0.190. The number of alkyl halides is 5. The summed E-state index contributed by atoms with van der Waals surface area (Å²) in [6.07, 6.45) is 1.58. The molecule has 3 aromatic rings. The van der Waals surface area contributed by atoms with Crippen LogP contribution in [0.4, 0.5) is 22.0 Å². The number of halogens is 6. The van der Waals surface area contributed by atoms with Crippen molar-refractivity contribution in [2.45, 2.75) is 74.0 Å². The number of rotatable bonds is 10. The smallest absolute Gasteiger partial charge is 0.490 e. The Morgan fingerprint density at radius 1 is 0.902 bits per heavy atom. The van der Waals surface area contributed by atoms with E-state index in [0.29, 0.717) is 47.3 Å². The van der Waals surface area contributed by atoms with Crippen LogP contribution < -0.4 is 15.2 Å². The first-order valence-corrected chi connectivity index (χ1v) is 18.2. The van der Waals surface area contributed by atoms with Crippen LogP contribution in [0.5, 0.6) is 5.75 Å². The summed E-state index contributed by atoms with van der Waals surface area (Å²) in [5.74, 6) is -6.70. The van der Waals surface area contributed by atoms with Gasteiger partial charge in [0.1, 0.15) is 5.75 Å². The fourth-order valence-corrected chi connectivity index (χ4v) is 7.12. The predicted octanol–water partition coefficient (Wildman–Crippen LogP) is 6.99. The molecule has 1 atom stereocenters. The molecule has 0 aromatic heterocycles. The average Bonchev–Trinajstić information content (AvgIpc) is 3.10. The van der Waals surface area contributed by atoms with Crippen molar-refractivity contribution in [3.63, 3.8) is 0 Å². The lowest BCUT2D eigenvalue weighted by Crippen LogP contribution is -2.58. The molecule has 9 nitrogen and oxygen atoms in total. The van der Waals surface area contributed by atoms with Crippen LogP contribution in [0, 0.1) is 5.92 Å². The molecular formula is C35H39ClF5N3O6S. The number of nitrogens with zero attached hydrogens (tertiary/aromatic N) is 1. The zero-order valence-corrected chi connectivity index (χ0v) is 29.0. The van der Waals surface area contributed by atoms with Crippen molar-refractivity contribution in [1.82, 2.24) is 9.62 Å². The number of nitrogens with one attached hydrogen (secondary N) is 1. The number of aliphatic carboxylic acids is 1. The first kappa shape index (κ1) is 40.0. The van der Waals surface area contributed by atoms with Gasteiger partial charge in [-0.3, -0.25) is 4.79 Å². The molecule has 0 unspecified atom stereocenters. The van der Waals surface area contributed by atoms with Crippen LogP contribution >= 0.6 is 11.6 Å². The SMILES string of the molecule is NC1CCN(C(=O)[C@@H](NS(=O)(=O)c2ccc(OCC3CCCCC3)cc2)C(F)(F)c2cccc(-c3ccc(Cl)cc3)c2)CC1.O=C(O)C(F)(F)F. The van der Waals surface area contributed by atoms with E-state index < -0.39 is 45.6 Å². The Morgan fingerprint density at radius 2 is 1.49 bits per heavy atom. The maximum absolute atomic E-state index is 16.4. The fraction of sp³-hybridized carbons (Fsp3) is 0.429. The monoisotopic (exact) mass is 759 g/mol. The maximum atomic E-state index is 16.4. The van der Waals surface area contributed by atoms with E-state index in [2.05, 4.69) is 4.72 Å². The standard InChI is InChI=1S/C33H38ClF2N3O4S.C2HF3O2/c34-27-11-9-24(10-12-27)25-7-4-8-26(21-25)33(35,36)31(32(40)39-19-17-28(37)18-20-39)38-44(41,42)30-15-13-29(14-16-30)43-22-23-5-2-1-3-6-23;3-2(4,5)1(6)7/h4,7-16,21,23,28,31,38H,1-3,5-6,17-20,22,37H2;(H,6,7)/t31-;/m1./s1. The van der Waals surface area contributed by atoms with Crippen LogP contribution in [0.15, 0.2) is 77.7 Å². The predicted molar refractivity (Wildman–Crippen MR) is 181 cm³/mol. The Balaban J connectivity index is 0.000000755. The van der Waals surface area contributed by atoms with Gasteiger partial charge in [0.2, 0.25) is 15.9 Å². The first-order valence-electron chi connectivity index (χ1n) is 16.3. The number of hydrogen-bond donors (Lipinski definition) is 3. The van der Waals surface area contributed by atoms with E-state index in [-0.39, 0.29) is 24.0 Å². The highest BCUT2D eigenvalue weighted by molar-refractivity contribution is 7.89. The summed E-state index contributed by atoms with van der Waals surface area (Å²) >= 11 is 5.99. The van der Waals surface area contributed by atoms with Crippen molar-refractivity contribution < 1.29 is 49.8 Å². The number of nitrogens with two attached hydrogens (primary N) is 1. The van der Waals surface area contributed by atoms with E-state index in [0.717, 1.165) is 12.8 Å². The summed E-state index contributed by atoms with van der Waals surface area (Å²) in [4.78, 5) is 23.6. The number of carboxylic acid groups (broad SMARTS) is 1. The number of hydrogen-bond acceptors (Lipinski definition) is 6. The van der Waals surface area contributed by atoms with Crippen molar-refractivity contribution in [3.05, 3.63) is 83.4 Å². The molecule has 0 bridgehead atoms. The second-order valence-electron chi connectivity index (χ2n) is 12.5. The molecule has 1 saturated heterocycles. The normalized spacial score (nSPS) is 16.9. The van der Waals surface area contributed by atoms with Crippen LogP contribution in [0.25, 0.3) is 11.1 Å². The van der Waals surface area contributed by atoms with Gasteiger partial charge in [-0.15, -0.1) is 0 Å². The number of benzene rings is 3. The Kier molecular flexibility index (Phi) is 13.4. The molecule has 5 rings (SSSR count). The molecule has 1 saturated carbocycles. The van der Waals surface area contributed by atoms with E-state index in [9.17, 15) is 26.4 Å². The van der Waals surface area contributed by atoms with Gasteiger partial charge in [0.05, 0.1) is 11.5 Å². The van der Waals surface area contributed by atoms with Gasteiger partial charge in [0.15, 0.2) is 6.04 Å². The van der Waals surface area contributed by atoms with Crippen molar-refractivity contribution in [3.8, 4) is 16.9 Å². The molecular weight excluding hydrogens is 721 g/mol. The van der Waals surface area contributed by atoms with E-state index >= 15 is 8.78 Å². The maximum Gasteiger partial charge on any atom is 0.490 e. The van der Waals surface area contributed by atoms with Gasteiger partial charge in [-0.25, -0.2) is 13.2 Å². The molecule has 51 heavy (non-hydrogen) atoms. The number of ether oxygens (including phenoxy) is 1. The minimum Gasteiger partial charge on any atom is -0.493 e. The lowest BCUT2D eigenvalue weighted by molar-refractivity contribution is -0.192. The van der Waals surface area contributed by atoms with Gasteiger partial charge in [-0.2, -0.15) is 26.7 Å². The third-order valence-electron chi connectivity index (χ3n) is 8.75. The lowest BCUT2D eigenvalue weighted by Gasteiger charge is -2.35. The summed E-state index contributed by atoms with van der Waals surface area (Å²) < 4.78 is 99.5. The van der Waals surface area contributed by atoms with Crippen LogP contribution in [0.2, 0.25) is 5.02 Å². The van der Waals surface area contributed by atoms with E-state index in [1.165, 1.54) is 66.6 Å². The second-order valence-corrected chi connectivity index (χ2v) is 14.7. The topological polar surface area (TPSA) is 139 Å². The Morgan fingerprint density at radius 3 is 2.06 bits per heavy atom. The molecule has 4 N–H and O–H groups in total. The summed E-state index contributed by atoms with van der Waals surface area (Å²) in [5, 5.41) is 7.63. The van der Waals surface area contributed by atoms with Crippen LogP contribution in [0.3, 0.4) is 0 Å². The zero-order chi connectivity index (χ0) is 37.4. The number of carbonyl (C=O) groups is 2. The van der Waals surface area contributed by atoms with Gasteiger partial charge < -0.3 is 20.5 Å². The van der Waals surface area contributed by atoms with Gasteiger partial charge in [0.25, 0.3) is 5.92 Å². The summed E-state index contributed by atoms with van der Waals surface area (Å²) in [7, 11) is -4.54. The number of amides is 1. The van der Waals surface area contributed by atoms with E-state index in [1.54, 1.807) is 30.3 Å². The van der Waals surface area contributed by atoms with Gasteiger partial charge in [-0.1, -0.05) is 61.2 Å². The van der Waals surface area contributed by atoms with Gasteiger partial charge in [0, 0.05) is 29.7 Å². The average molecular weight is 760 g/mol. The highest BCUT2D eigenvalue weighted by Gasteiger charge is 2.50. The van der Waals surface area contributed by atoms with Gasteiger partial charge in [-0.05, 0) is 85.2 Å². The molecule has 0 spiro atoms. The zero-order valence-electron chi connectivity index (χ0n) is 27.4. The van der Waals surface area contributed by atoms with Crippen molar-refractivity contribution in [2.24, 2.45) is 11.7 Å². The Bertz CT molecular complexity index is 1730. The second kappa shape index (κ2) is 17.2. The Hall–Kier alpha value is -3.79. The number of sulfonamides is 1.